The van der Waals surface area contributed by atoms with Gasteiger partial charge in [0.2, 0.25) is 0 Å². The molecule has 0 aliphatic heterocycles. The summed E-state index contributed by atoms with van der Waals surface area (Å²) in [7, 11) is 0. The molecule has 3 aromatic rings. The molecule has 0 saturated carbocycles. The fraction of sp³-hybridized carbons (Fsp3) is 0. The Bertz CT molecular complexity index is 727. The summed E-state index contributed by atoms with van der Waals surface area (Å²) in [6.07, 6.45) is 0. The van der Waals surface area contributed by atoms with Gasteiger partial charge in [-0.2, -0.15) is 5.10 Å². The Labute approximate surface area is 107 Å². The van der Waals surface area contributed by atoms with Crippen molar-refractivity contribution in [1.82, 2.24) is 10.2 Å². The van der Waals surface area contributed by atoms with Crippen molar-refractivity contribution in [2.45, 2.75) is 0 Å². The van der Waals surface area contributed by atoms with E-state index in [0.717, 1.165) is 5.39 Å². The molecule has 0 bridgehead atoms. The summed E-state index contributed by atoms with van der Waals surface area (Å²) in [6, 6.07) is 11.1. The Morgan fingerprint density at radius 3 is 2.82 bits per heavy atom. The zero-order valence-corrected chi connectivity index (χ0v) is 10.2. The lowest BCUT2D eigenvalue weighted by Crippen LogP contribution is -1.84. The summed E-state index contributed by atoms with van der Waals surface area (Å²) < 4.78 is 6.26. The van der Waals surface area contributed by atoms with Crippen molar-refractivity contribution in [3.05, 3.63) is 46.1 Å². The van der Waals surface area contributed by atoms with Crippen LogP contribution in [-0.4, -0.2) is 10.2 Å². The number of halogens is 1. The maximum atomic E-state index is 6.04. The predicted octanol–water partition coefficient (Wildman–Crippen LogP) is 4.21. The van der Waals surface area contributed by atoms with Crippen LogP contribution >= 0.6 is 23.8 Å². The fourth-order valence-electron chi connectivity index (χ4n) is 1.64. The highest BCUT2D eigenvalue weighted by Gasteiger charge is 2.09. The molecule has 17 heavy (non-hydrogen) atoms. The monoisotopic (exact) mass is 262 g/mol. The second-order valence-corrected chi connectivity index (χ2v) is 4.42. The molecule has 5 heteroatoms. The second-order valence-electron chi connectivity index (χ2n) is 3.58. The quantitative estimate of drug-likeness (QED) is 0.668. The summed E-state index contributed by atoms with van der Waals surface area (Å²) in [5.41, 5.74) is 1.37. The van der Waals surface area contributed by atoms with Crippen molar-refractivity contribution in [3.63, 3.8) is 0 Å². The highest BCUT2D eigenvalue weighted by Crippen LogP contribution is 2.30. The average molecular weight is 263 g/mol. The fourth-order valence-corrected chi connectivity index (χ4v) is 1.97. The third kappa shape index (κ3) is 1.85. The molecule has 3 rings (SSSR count). The lowest BCUT2D eigenvalue weighted by atomic mass is 10.2. The van der Waals surface area contributed by atoms with Crippen molar-refractivity contribution >= 4 is 34.8 Å². The third-order valence-corrected chi connectivity index (χ3v) is 2.95. The van der Waals surface area contributed by atoms with Crippen LogP contribution in [0.25, 0.3) is 22.4 Å². The summed E-state index contributed by atoms with van der Waals surface area (Å²) >= 11 is 11.0. The number of aromatic amines is 1. The Morgan fingerprint density at radius 1 is 1.24 bits per heavy atom. The Hall–Kier alpha value is -1.65. The van der Waals surface area contributed by atoms with Gasteiger partial charge in [-0.25, -0.2) is 0 Å². The van der Waals surface area contributed by atoms with E-state index in [4.69, 9.17) is 28.2 Å². The lowest BCUT2D eigenvalue weighted by molar-refractivity contribution is 0.627. The minimum Gasteiger partial charge on any atom is -0.453 e. The van der Waals surface area contributed by atoms with E-state index >= 15 is 0 Å². The molecule has 84 valence electrons. The normalized spacial score (nSPS) is 10.9. The molecule has 0 saturated heterocycles. The average Bonchev–Trinajstić information content (AvgIpc) is 2.75. The minimum absolute atomic E-state index is 0.586. The Morgan fingerprint density at radius 2 is 2.12 bits per heavy atom. The molecule has 0 atom stereocenters. The summed E-state index contributed by atoms with van der Waals surface area (Å²) in [6.45, 7) is 0. The van der Waals surface area contributed by atoms with Crippen LogP contribution in [0.2, 0.25) is 5.02 Å². The van der Waals surface area contributed by atoms with E-state index in [2.05, 4.69) is 10.2 Å². The number of H-pyrrole nitrogens is 1. The van der Waals surface area contributed by atoms with E-state index in [9.17, 15) is 0 Å². The molecule has 2 aromatic heterocycles. The van der Waals surface area contributed by atoms with E-state index in [1.54, 1.807) is 12.1 Å². The van der Waals surface area contributed by atoms with Gasteiger partial charge in [0, 0.05) is 5.39 Å². The van der Waals surface area contributed by atoms with Crippen LogP contribution in [0.1, 0.15) is 0 Å². The molecule has 0 fully saturated rings. The maximum Gasteiger partial charge on any atom is 0.155 e. The first kappa shape index (κ1) is 10.5. The van der Waals surface area contributed by atoms with Gasteiger partial charge < -0.3 is 4.42 Å². The van der Waals surface area contributed by atoms with Gasteiger partial charge >= 0.3 is 0 Å². The number of para-hydroxylation sites is 1. The molecule has 0 spiro atoms. The first-order valence-corrected chi connectivity index (χ1v) is 5.77. The smallest absolute Gasteiger partial charge is 0.155 e. The van der Waals surface area contributed by atoms with Crippen LogP contribution in [0.4, 0.5) is 0 Å². The molecule has 3 nitrogen and oxygen atoms in total. The van der Waals surface area contributed by atoms with Gasteiger partial charge in [-0.3, -0.25) is 5.10 Å². The van der Waals surface area contributed by atoms with Crippen molar-refractivity contribution in [1.29, 1.82) is 0 Å². The maximum absolute atomic E-state index is 6.04. The summed E-state index contributed by atoms with van der Waals surface area (Å²) in [5.74, 6) is 0.666. The molecule has 0 aliphatic rings. The molecule has 0 aliphatic carbocycles. The molecule has 1 aromatic carbocycles. The van der Waals surface area contributed by atoms with Crippen LogP contribution < -0.4 is 0 Å². The van der Waals surface area contributed by atoms with E-state index < -0.39 is 0 Å². The van der Waals surface area contributed by atoms with Gasteiger partial charge in [-0.15, -0.1) is 0 Å². The summed E-state index contributed by atoms with van der Waals surface area (Å²) in [4.78, 5) is 0. The third-order valence-electron chi connectivity index (χ3n) is 2.43. The minimum atomic E-state index is 0.586. The number of nitrogens with zero attached hydrogens (tertiary/aromatic N) is 1. The molecule has 0 unspecified atom stereocenters. The van der Waals surface area contributed by atoms with E-state index in [0.29, 0.717) is 26.7 Å². The number of hydrogen-bond donors (Lipinski definition) is 1. The molecule has 2 heterocycles. The van der Waals surface area contributed by atoms with Crippen molar-refractivity contribution in [2.75, 3.05) is 0 Å². The predicted molar refractivity (Wildman–Crippen MR) is 69.6 cm³/mol. The first-order chi connectivity index (χ1) is 8.24. The van der Waals surface area contributed by atoms with Gasteiger partial charge in [0.25, 0.3) is 0 Å². The van der Waals surface area contributed by atoms with E-state index in [1.165, 1.54) is 0 Å². The van der Waals surface area contributed by atoms with Crippen molar-refractivity contribution in [2.24, 2.45) is 0 Å². The van der Waals surface area contributed by atoms with Crippen LogP contribution in [0.3, 0.4) is 0 Å². The number of furan rings is 1. The van der Waals surface area contributed by atoms with E-state index in [1.807, 2.05) is 24.3 Å². The van der Waals surface area contributed by atoms with Crippen molar-refractivity contribution < 1.29 is 4.42 Å². The van der Waals surface area contributed by atoms with Crippen LogP contribution in [-0.2, 0) is 0 Å². The van der Waals surface area contributed by atoms with Crippen molar-refractivity contribution in [3.8, 4) is 11.5 Å². The van der Waals surface area contributed by atoms with Gasteiger partial charge in [-0.05, 0) is 24.3 Å². The molecule has 0 radical (unpaired) electrons. The number of aromatic nitrogens is 2. The second kappa shape index (κ2) is 3.98. The van der Waals surface area contributed by atoms with Crippen LogP contribution in [0.5, 0.6) is 0 Å². The number of fused-ring (bicyclic) bond motifs is 1. The standard InChI is InChI=1S/C12H7ClN2OS/c13-8-3-1-2-7-6-10(16-12(7)8)9-4-5-11(17)15-14-9/h1-6H,(H,15,17). The highest BCUT2D eigenvalue weighted by molar-refractivity contribution is 7.71. The number of benzene rings is 1. The highest BCUT2D eigenvalue weighted by atomic mass is 35.5. The lowest BCUT2D eigenvalue weighted by Gasteiger charge is -1.93. The number of rotatable bonds is 1. The van der Waals surface area contributed by atoms with Gasteiger partial charge in [0.05, 0.1) is 5.02 Å². The zero-order chi connectivity index (χ0) is 11.8. The molecule has 0 amide bonds. The topological polar surface area (TPSA) is 41.8 Å². The zero-order valence-electron chi connectivity index (χ0n) is 8.61. The number of hydrogen-bond acceptors (Lipinski definition) is 3. The van der Waals surface area contributed by atoms with Gasteiger partial charge in [0.1, 0.15) is 10.3 Å². The summed E-state index contributed by atoms with van der Waals surface area (Å²) in [5, 5.41) is 8.39. The van der Waals surface area contributed by atoms with Gasteiger partial charge in [0.15, 0.2) is 11.3 Å². The van der Waals surface area contributed by atoms with Gasteiger partial charge in [-0.1, -0.05) is 36.0 Å². The molecular weight excluding hydrogens is 256 g/mol. The Kier molecular flexibility index (Phi) is 2.46. The van der Waals surface area contributed by atoms with Crippen LogP contribution in [0.15, 0.2) is 40.8 Å². The first-order valence-electron chi connectivity index (χ1n) is 4.98. The SMILES string of the molecule is S=c1ccc(-c2cc3cccc(Cl)c3o2)n[nH]1. The largest absolute Gasteiger partial charge is 0.453 e. The van der Waals surface area contributed by atoms with E-state index in [-0.39, 0.29) is 0 Å². The molecule has 1 N–H and O–H groups in total. The Balaban J connectivity index is 2.21. The molecular formula is C12H7ClN2OS. The van der Waals surface area contributed by atoms with Crippen LogP contribution in [0, 0.1) is 4.64 Å². The number of nitrogens with one attached hydrogen (secondary N) is 1.